The number of rotatable bonds is 3. The van der Waals surface area contributed by atoms with Crippen LogP contribution in [0, 0.1) is 11.3 Å². The minimum atomic E-state index is -0.240. The zero-order chi connectivity index (χ0) is 10.8. The van der Waals surface area contributed by atoms with E-state index in [4.69, 9.17) is 0 Å². The minimum absolute atomic E-state index is 0.00512. The van der Waals surface area contributed by atoms with Crippen molar-refractivity contribution in [1.29, 1.82) is 0 Å². The molecule has 1 saturated carbocycles. The maximum Gasteiger partial charge on any atom is 0.0712 e. The molecule has 0 amide bonds. The fourth-order valence-corrected chi connectivity index (χ4v) is 2.02. The predicted octanol–water partition coefficient (Wildman–Crippen LogP) is 2.17. The van der Waals surface area contributed by atoms with Crippen LogP contribution in [-0.4, -0.2) is 23.8 Å². The van der Waals surface area contributed by atoms with Crippen LogP contribution >= 0.6 is 0 Å². The molecule has 1 aliphatic rings. The normalized spacial score (nSPS) is 30.6. The SMILES string of the molecule is CC1CCCC1NCC(O)C(C)(C)C. The maximum absolute atomic E-state index is 9.87. The van der Waals surface area contributed by atoms with E-state index in [-0.39, 0.29) is 11.5 Å². The summed E-state index contributed by atoms with van der Waals surface area (Å²) in [5.74, 6) is 0.780. The van der Waals surface area contributed by atoms with E-state index in [1.807, 2.05) is 0 Å². The van der Waals surface area contributed by atoms with Gasteiger partial charge in [0.05, 0.1) is 6.10 Å². The van der Waals surface area contributed by atoms with Crippen LogP contribution in [0.25, 0.3) is 0 Å². The largest absolute Gasteiger partial charge is 0.391 e. The lowest BCUT2D eigenvalue weighted by molar-refractivity contribution is 0.0594. The van der Waals surface area contributed by atoms with Crippen LogP contribution in [0.1, 0.15) is 47.0 Å². The summed E-state index contributed by atoms with van der Waals surface area (Å²) in [6.45, 7) is 9.28. The lowest BCUT2D eigenvalue weighted by atomic mass is 9.89. The molecule has 2 heteroatoms. The Kier molecular flexibility index (Phi) is 3.96. The van der Waals surface area contributed by atoms with Crippen molar-refractivity contribution in [1.82, 2.24) is 5.32 Å². The van der Waals surface area contributed by atoms with Crippen LogP contribution < -0.4 is 5.32 Å². The zero-order valence-corrected chi connectivity index (χ0v) is 10.0. The van der Waals surface area contributed by atoms with Gasteiger partial charge in [-0.15, -0.1) is 0 Å². The average molecular weight is 199 g/mol. The van der Waals surface area contributed by atoms with Crippen molar-refractivity contribution in [2.45, 2.75) is 59.1 Å². The number of hydrogen-bond acceptors (Lipinski definition) is 2. The van der Waals surface area contributed by atoms with E-state index in [0.29, 0.717) is 6.04 Å². The Hall–Kier alpha value is -0.0800. The van der Waals surface area contributed by atoms with Crippen LogP contribution in [0.5, 0.6) is 0 Å². The van der Waals surface area contributed by atoms with Crippen molar-refractivity contribution in [3.8, 4) is 0 Å². The molecule has 0 aromatic carbocycles. The third kappa shape index (κ3) is 3.25. The quantitative estimate of drug-likeness (QED) is 0.730. The number of aliphatic hydroxyl groups is 1. The molecule has 2 nitrogen and oxygen atoms in total. The molecule has 2 N–H and O–H groups in total. The van der Waals surface area contributed by atoms with Crippen molar-refractivity contribution >= 4 is 0 Å². The van der Waals surface area contributed by atoms with Crippen LogP contribution in [-0.2, 0) is 0 Å². The Morgan fingerprint density at radius 2 is 2.00 bits per heavy atom. The highest BCUT2D eigenvalue weighted by molar-refractivity contribution is 4.83. The van der Waals surface area contributed by atoms with Crippen molar-refractivity contribution in [2.24, 2.45) is 11.3 Å². The van der Waals surface area contributed by atoms with Crippen LogP contribution in [0.15, 0.2) is 0 Å². The fraction of sp³-hybridized carbons (Fsp3) is 1.00. The summed E-state index contributed by atoms with van der Waals surface area (Å²) in [7, 11) is 0. The van der Waals surface area contributed by atoms with E-state index in [1.54, 1.807) is 0 Å². The molecule has 14 heavy (non-hydrogen) atoms. The van der Waals surface area contributed by atoms with Gasteiger partial charge >= 0.3 is 0 Å². The average Bonchev–Trinajstić information content (AvgIpc) is 2.45. The zero-order valence-electron chi connectivity index (χ0n) is 10.0. The highest BCUT2D eigenvalue weighted by Crippen LogP contribution is 2.25. The second kappa shape index (κ2) is 4.63. The van der Waals surface area contributed by atoms with Crippen molar-refractivity contribution in [3.63, 3.8) is 0 Å². The van der Waals surface area contributed by atoms with Gasteiger partial charge in [0.25, 0.3) is 0 Å². The van der Waals surface area contributed by atoms with Gasteiger partial charge in [-0.3, -0.25) is 0 Å². The van der Waals surface area contributed by atoms with Crippen molar-refractivity contribution in [2.75, 3.05) is 6.54 Å². The summed E-state index contributed by atoms with van der Waals surface area (Å²) in [6, 6.07) is 0.631. The standard InChI is InChI=1S/C12H25NO/c1-9-6-5-7-10(9)13-8-11(14)12(2,3)4/h9-11,13-14H,5-8H2,1-4H3. The molecule has 3 unspecified atom stereocenters. The molecule has 1 aliphatic carbocycles. The Morgan fingerprint density at radius 3 is 2.43 bits per heavy atom. The molecular formula is C12H25NO. The molecule has 0 aromatic heterocycles. The topological polar surface area (TPSA) is 32.3 Å². The lowest BCUT2D eigenvalue weighted by Gasteiger charge is -2.28. The summed E-state index contributed by atoms with van der Waals surface area (Å²) >= 11 is 0. The smallest absolute Gasteiger partial charge is 0.0712 e. The molecule has 0 saturated heterocycles. The Morgan fingerprint density at radius 1 is 1.36 bits per heavy atom. The van der Waals surface area contributed by atoms with E-state index < -0.39 is 0 Å². The van der Waals surface area contributed by atoms with Crippen LogP contribution in [0.3, 0.4) is 0 Å². The van der Waals surface area contributed by atoms with Gasteiger partial charge in [0, 0.05) is 12.6 Å². The summed E-state index contributed by atoms with van der Waals surface area (Å²) in [6.07, 6.45) is 3.71. The molecule has 1 rings (SSSR count). The van der Waals surface area contributed by atoms with E-state index >= 15 is 0 Å². The monoisotopic (exact) mass is 199 g/mol. The van der Waals surface area contributed by atoms with Gasteiger partial charge in [0.1, 0.15) is 0 Å². The third-order valence-electron chi connectivity index (χ3n) is 3.43. The minimum Gasteiger partial charge on any atom is -0.391 e. The van der Waals surface area contributed by atoms with Crippen LogP contribution in [0.2, 0.25) is 0 Å². The van der Waals surface area contributed by atoms with Crippen molar-refractivity contribution < 1.29 is 5.11 Å². The van der Waals surface area contributed by atoms with Gasteiger partial charge in [0.15, 0.2) is 0 Å². The molecule has 0 heterocycles. The van der Waals surface area contributed by atoms with Gasteiger partial charge in [-0.1, -0.05) is 34.1 Å². The molecule has 1 fully saturated rings. The summed E-state index contributed by atoms with van der Waals surface area (Å²) < 4.78 is 0. The van der Waals surface area contributed by atoms with Crippen molar-refractivity contribution in [3.05, 3.63) is 0 Å². The first-order valence-electron chi connectivity index (χ1n) is 5.82. The lowest BCUT2D eigenvalue weighted by Crippen LogP contribution is -2.42. The van der Waals surface area contributed by atoms with Gasteiger partial charge < -0.3 is 10.4 Å². The summed E-state index contributed by atoms with van der Waals surface area (Å²) in [5.41, 5.74) is -0.00512. The molecule has 3 atom stereocenters. The number of hydrogen-bond donors (Lipinski definition) is 2. The predicted molar refractivity (Wildman–Crippen MR) is 60.3 cm³/mol. The maximum atomic E-state index is 9.87. The van der Waals surface area contributed by atoms with E-state index in [2.05, 4.69) is 33.0 Å². The van der Waals surface area contributed by atoms with Gasteiger partial charge in [-0.05, 0) is 24.2 Å². The molecule has 0 aliphatic heterocycles. The van der Waals surface area contributed by atoms with Crippen LogP contribution in [0.4, 0.5) is 0 Å². The highest BCUT2D eigenvalue weighted by atomic mass is 16.3. The first-order chi connectivity index (χ1) is 6.41. The fourth-order valence-electron chi connectivity index (χ4n) is 2.02. The first kappa shape index (κ1) is 12.0. The highest BCUT2D eigenvalue weighted by Gasteiger charge is 2.26. The molecule has 0 spiro atoms. The number of aliphatic hydroxyl groups excluding tert-OH is 1. The van der Waals surface area contributed by atoms with Gasteiger partial charge in [-0.25, -0.2) is 0 Å². The van der Waals surface area contributed by atoms with E-state index in [1.165, 1.54) is 19.3 Å². The molecular weight excluding hydrogens is 174 g/mol. The molecule has 0 radical (unpaired) electrons. The first-order valence-corrected chi connectivity index (χ1v) is 5.82. The molecule has 0 aromatic rings. The molecule has 0 bridgehead atoms. The Bertz CT molecular complexity index is 172. The second-order valence-corrected chi connectivity index (χ2v) is 5.80. The van der Waals surface area contributed by atoms with Gasteiger partial charge in [-0.2, -0.15) is 0 Å². The third-order valence-corrected chi connectivity index (χ3v) is 3.43. The van der Waals surface area contributed by atoms with E-state index in [0.717, 1.165) is 12.5 Å². The Labute approximate surface area is 88.1 Å². The summed E-state index contributed by atoms with van der Waals surface area (Å²) in [5, 5.41) is 13.4. The summed E-state index contributed by atoms with van der Waals surface area (Å²) in [4.78, 5) is 0. The Balaban J connectivity index is 2.26. The van der Waals surface area contributed by atoms with E-state index in [9.17, 15) is 5.11 Å². The van der Waals surface area contributed by atoms with Gasteiger partial charge in [0.2, 0.25) is 0 Å². The second-order valence-electron chi connectivity index (χ2n) is 5.80. The molecule has 84 valence electrons. The number of nitrogens with one attached hydrogen (secondary N) is 1.